The van der Waals surface area contributed by atoms with Crippen LogP contribution in [0.5, 0.6) is 17.2 Å². The van der Waals surface area contributed by atoms with Crippen molar-refractivity contribution in [1.82, 2.24) is 4.90 Å². The van der Waals surface area contributed by atoms with E-state index >= 15 is 0 Å². The van der Waals surface area contributed by atoms with Crippen LogP contribution < -0.4 is 24.4 Å². The third-order valence-electron chi connectivity index (χ3n) is 5.74. The number of nitrogens with one attached hydrogen (secondary N) is 1. The molecule has 3 aliphatic rings. The summed E-state index contributed by atoms with van der Waals surface area (Å²) in [5, 5.41) is 3.42. The SMILES string of the molecule is Brc1cc2c(c(N3CCN(CCc4ccc5c(c4)NCCO5)CC3)c1)OCCO2. The summed E-state index contributed by atoms with van der Waals surface area (Å²) in [5.41, 5.74) is 3.62. The number of rotatable bonds is 4. The molecular weight excluding hydrogens is 434 g/mol. The van der Waals surface area contributed by atoms with Gasteiger partial charge in [-0.3, -0.25) is 4.90 Å². The number of hydrogen-bond donors (Lipinski definition) is 1. The Kier molecular flexibility index (Phi) is 5.42. The minimum absolute atomic E-state index is 0.612. The molecule has 1 saturated heterocycles. The smallest absolute Gasteiger partial charge is 0.184 e. The van der Waals surface area contributed by atoms with Crippen LogP contribution in [0.15, 0.2) is 34.8 Å². The Morgan fingerprint density at radius 3 is 2.62 bits per heavy atom. The Bertz CT molecular complexity index is 884. The highest BCUT2D eigenvalue weighted by Crippen LogP contribution is 2.42. The number of nitrogens with zero attached hydrogens (tertiary/aromatic N) is 2. The van der Waals surface area contributed by atoms with E-state index in [1.807, 2.05) is 6.07 Å². The van der Waals surface area contributed by atoms with E-state index in [4.69, 9.17) is 14.2 Å². The Balaban J connectivity index is 1.19. The summed E-state index contributed by atoms with van der Waals surface area (Å²) >= 11 is 3.61. The molecule has 0 spiro atoms. The second-order valence-corrected chi connectivity index (χ2v) is 8.55. The van der Waals surface area contributed by atoms with Crippen molar-refractivity contribution >= 4 is 27.3 Å². The van der Waals surface area contributed by atoms with Crippen LogP contribution >= 0.6 is 15.9 Å². The second kappa shape index (κ2) is 8.32. The zero-order valence-corrected chi connectivity index (χ0v) is 18.0. The van der Waals surface area contributed by atoms with Gasteiger partial charge < -0.3 is 24.4 Å². The Morgan fingerprint density at radius 1 is 0.897 bits per heavy atom. The van der Waals surface area contributed by atoms with Crippen LogP contribution in [0.2, 0.25) is 0 Å². The van der Waals surface area contributed by atoms with Crippen LogP contribution in [0.3, 0.4) is 0 Å². The molecule has 3 aliphatic heterocycles. The monoisotopic (exact) mass is 459 g/mol. The topological polar surface area (TPSA) is 46.2 Å². The minimum Gasteiger partial charge on any atom is -0.490 e. The van der Waals surface area contributed by atoms with Gasteiger partial charge in [-0.15, -0.1) is 0 Å². The normalized spacial score (nSPS) is 18.6. The maximum absolute atomic E-state index is 5.92. The molecule has 0 unspecified atom stereocenters. The summed E-state index contributed by atoms with van der Waals surface area (Å²) in [5.74, 6) is 2.70. The first-order valence-electron chi connectivity index (χ1n) is 10.3. The fourth-order valence-electron chi connectivity index (χ4n) is 4.18. The van der Waals surface area contributed by atoms with Crippen molar-refractivity contribution in [3.05, 3.63) is 40.4 Å². The molecule has 0 atom stereocenters. The van der Waals surface area contributed by atoms with E-state index in [1.165, 1.54) is 5.56 Å². The van der Waals surface area contributed by atoms with E-state index in [9.17, 15) is 0 Å². The summed E-state index contributed by atoms with van der Waals surface area (Å²) in [6.07, 6.45) is 1.05. The van der Waals surface area contributed by atoms with E-state index in [0.29, 0.717) is 13.2 Å². The van der Waals surface area contributed by atoms with Gasteiger partial charge in [0, 0.05) is 43.7 Å². The molecule has 1 N–H and O–H groups in total. The second-order valence-electron chi connectivity index (χ2n) is 7.63. The number of hydrogen-bond acceptors (Lipinski definition) is 6. The average Bonchev–Trinajstić information content (AvgIpc) is 2.77. The largest absolute Gasteiger partial charge is 0.490 e. The Hall–Kier alpha value is -2.12. The number of halogens is 1. The molecule has 2 aromatic carbocycles. The first kappa shape index (κ1) is 18.9. The molecule has 0 aromatic heterocycles. The van der Waals surface area contributed by atoms with Crippen LogP contribution in [0.25, 0.3) is 0 Å². The predicted molar refractivity (Wildman–Crippen MR) is 118 cm³/mol. The standard InChI is InChI=1S/C22H26BrN3O3/c23-17-14-19(22-21(15-17)28-11-12-29-22)26-8-6-25(7-9-26)5-3-16-1-2-20-18(13-16)24-4-10-27-20/h1-2,13-15,24H,3-12H2. The van der Waals surface area contributed by atoms with Crippen molar-refractivity contribution in [2.75, 3.05) is 69.3 Å². The molecule has 29 heavy (non-hydrogen) atoms. The van der Waals surface area contributed by atoms with Gasteiger partial charge in [-0.2, -0.15) is 0 Å². The predicted octanol–water partition coefficient (Wildman–Crippen LogP) is 3.39. The first-order valence-corrected chi connectivity index (χ1v) is 11.1. The molecule has 0 saturated carbocycles. The van der Waals surface area contributed by atoms with Gasteiger partial charge in [-0.1, -0.05) is 22.0 Å². The maximum Gasteiger partial charge on any atom is 0.184 e. The molecule has 0 aliphatic carbocycles. The van der Waals surface area contributed by atoms with Gasteiger partial charge in [0.1, 0.15) is 25.6 Å². The third-order valence-corrected chi connectivity index (χ3v) is 6.19. The average molecular weight is 460 g/mol. The van der Waals surface area contributed by atoms with E-state index in [0.717, 1.165) is 85.4 Å². The summed E-state index contributed by atoms with van der Waals surface area (Å²) in [6.45, 7) is 8.01. The van der Waals surface area contributed by atoms with E-state index in [1.54, 1.807) is 0 Å². The van der Waals surface area contributed by atoms with Crippen LogP contribution in [-0.2, 0) is 6.42 Å². The quantitative estimate of drug-likeness (QED) is 0.755. The van der Waals surface area contributed by atoms with Crippen LogP contribution in [0.1, 0.15) is 5.56 Å². The minimum atomic E-state index is 0.612. The zero-order valence-electron chi connectivity index (χ0n) is 16.5. The lowest BCUT2D eigenvalue weighted by Crippen LogP contribution is -2.47. The molecule has 2 aromatic rings. The van der Waals surface area contributed by atoms with Crippen molar-refractivity contribution in [3.63, 3.8) is 0 Å². The number of anilines is 2. The first-order chi connectivity index (χ1) is 14.3. The molecular formula is C22H26BrN3O3. The summed E-state index contributed by atoms with van der Waals surface area (Å²) < 4.78 is 18.4. The summed E-state index contributed by atoms with van der Waals surface area (Å²) in [4.78, 5) is 4.95. The van der Waals surface area contributed by atoms with Gasteiger partial charge in [0.05, 0.1) is 11.4 Å². The van der Waals surface area contributed by atoms with Gasteiger partial charge in [0.25, 0.3) is 0 Å². The number of fused-ring (bicyclic) bond motifs is 2. The Labute approximate surface area is 179 Å². The highest BCUT2D eigenvalue weighted by atomic mass is 79.9. The van der Waals surface area contributed by atoms with Crippen molar-refractivity contribution < 1.29 is 14.2 Å². The molecule has 0 bridgehead atoms. The lowest BCUT2D eigenvalue weighted by atomic mass is 10.1. The summed E-state index contributed by atoms with van der Waals surface area (Å²) in [7, 11) is 0. The lowest BCUT2D eigenvalue weighted by Gasteiger charge is -2.37. The molecule has 7 heteroatoms. The Morgan fingerprint density at radius 2 is 1.72 bits per heavy atom. The number of benzene rings is 2. The molecule has 5 rings (SSSR count). The molecule has 154 valence electrons. The van der Waals surface area contributed by atoms with Gasteiger partial charge in [-0.05, 0) is 36.2 Å². The van der Waals surface area contributed by atoms with E-state index in [2.05, 4.69) is 55.3 Å². The zero-order chi connectivity index (χ0) is 19.6. The van der Waals surface area contributed by atoms with Gasteiger partial charge in [0.15, 0.2) is 11.5 Å². The molecule has 0 radical (unpaired) electrons. The van der Waals surface area contributed by atoms with Gasteiger partial charge in [0.2, 0.25) is 0 Å². The van der Waals surface area contributed by atoms with E-state index in [-0.39, 0.29) is 0 Å². The summed E-state index contributed by atoms with van der Waals surface area (Å²) in [6, 6.07) is 10.6. The lowest BCUT2D eigenvalue weighted by molar-refractivity contribution is 0.171. The fourth-order valence-corrected chi connectivity index (χ4v) is 4.61. The molecule has 0 amide bonds. The molecule has 6 nitrogen and oxygen atoms in total. The highest BCUT2D eigenvalue weighted by molar-refractivity contribution is 9.10. The van der Waals surface area contributed by atoms with Crippen molar-refractivity contribution in [2.45, 2.75) is 6.42 Å². The van der Waals surface area contributed by atoms with Crippen LogP contribution in [0, 0.1) is 0 Å². The maximum atomic E-state index is 5.92. The number of piperazine rings is 1. The van der Waals surface area contributed by atoms with E-state index < -0.39 is 0 Å². The van der Waals surface area contributed by atoms with Crippen molar-refractivity contribution in [2.24, 2.45) is 0 Å². The molecule has 1 fully saturated rings. The fraction of sp³-hybridized carbons (Fsp3) is 0.455. The highest BCUT2D eigenvalue weighted by Gasteiger charge is 2.24. The third kappa shape index (κ3) is 4.12. The van der Waals surface area contributed by atoms with Gasteiger partial charge in [-0.25, -0.2) is 0 Å². The molecule has 3 heterocycles. The van der Waals surface area contributed by atoms with Crippen molar-refractivity contribution in [1.29, 1.82) is 0 Å². The number of ether oxygens (including phenoxy) is 3. The van der Waals surface area contributed by atoms with Crippen LogP contribution in [0.4, 0.5) is 11.4 Å². The van der Waals surface area contributed by atoms with Gasteiger partial charge >= 0.3 is 0 Å². The van der Waals surface area contributed by atoms with Crippen LogP contribution in [-0.4, -0.2) is 64.0 Å². The van der Waals surface area contributed by atoms with Crippen molar-refractivity contribution in [3.8, 4) is 17.2 Å².